The molecule has 2 bridgehead atoms. The fourth-order valence-electron chi connectivity index (χ4n) is 5.54. The molecule has 3 aromatic heterocycles. The zero-order valence-electron chi connectivity index (χ0n) is 24.0. The number of ether oxygens (including phenoxy) is 3. The monoisotopic (exact) mass is 704 g/mol. The van der Waals surface area contributed by atoms with Crippen LogP contribution in [-0.2, 0) is 44.2 Å². The molecule has 24 heteroatoms. The van der Waals surface area contributed by atoms with Crippen molar-refractivity contribution in [2.75, 3.05) is 26.1 Å². The van der Waals surface area contributed by atoms with Crippen LogP contribution in [0.1, 0.15) is 23.8 Å². The highest BCUT2D eigenvalue weighted by molar-refractivity contribution is 8.07. The average Bonchev–Trinajstić information content (AvgIpc) is 3.75. The zero-order chi connectivity index (χ0) is 32.9. The van der Waals surface area contributed by atoms with E-state index in [0.717, 1.165) is 6.34 Å². The van der Waals surface area contributed by atoms with Gasteiger partial charge >= 0.3 is 14.9 Å². The van der Waals surface area contributed by atoms with E-state index in [9.17, 15) is 14.3 Å². The minimum atomic E-state index is -4.16. The third kappa shape index (κ3) is 6.02. The Morgan fingerprint density at radius 3 is 2.78 bits per heavy atom. The summed E-state index contributed by atoms with van der Waals surface area (Å²) in [4.78, 5) is 42.0. The summed E-state index contributed by atoms with van der Waals surface area (Å²) in [6.07, 6.45) is -5.27. The highest BCUT2D eigenvalue weighted by Gasteiger charge is 2.54. The first-order valence-electron chi connectivity index (χ1n) is 13.5. The molecule has 0 radical (unpaired) electrons. The molecule has 0 aliphatic carbocycles. The van der Waals surface area contributed by atoms with Gasteiger partial charge in [0.05, 0.1) is 19.3 Å². The third-order valence-electron chi connectivity index (χ3n) is 7.64. The molecule has 3 aliphatic rings. The molecular weight excluding hydrogens is 675 g/mol. The van der Waals surface area contributed by atoms with Crippen LogP contribution in [0.15, 0.2) is 22.4 Å². The quantitative estimate of drug-likeness (QED) is 0.112. The molecular formula is C22H29FN11O9P2S+. The van der Waals surface area contributed by atoms with Gasteiger partial charge in [0.2, 0.25) is 5.95 Å². The summed E-state index contributed by atoms with van der Waals surface area (Å²) in [7, 11) is -1.38. The molecule has 3 fully saturated rings. The van der Waals surface area contributed by atoms with Gasteiger partial charge < -0.3 is 39.7 Å². The van der Waals surface area contributed by atoms with Crippen LogP contribution in [-0.4, -0.2) is 103 Å². The fraction of sp³-hybridized carbons (Fsp3) is 0.545. The predicted molar refractivity (Wildman–Crippen MR) is 160 cm³/mol. The maximum Gasteiger partial charge on any atom is 0.613 e. The van der Waals surface area contributed by atoms with E-state index >= 15 is 4.39 Å². The van der Waals surface area contributed by atoms with Crippen LogP contribution in [0.25, 0.3) is 11.2 Å². The normalized spacial score (nSPS) is 35.0. The van der Waals surface area contributed by atoms with Gasteiger partial charge in [-0.25, -0.2) is 19.4 Å². The van der Waals surface area contributed by atoms with Crippen LogP contribution in [0.3, 0.4) is 0 Å². The van der Waals surface area contributed by atoms with Crippen LogP contribution in [0.4, 0.5) is 10.3 Å². The number of aromatic nitrogens is 6. The molecule has 3 saturated heterocycles. The Kier molecular flexibility index (Phi) is 9.13. The maximum atomic E-state index is 16.0. The Morgan fingerprint density at radius 1 is 1.30 bits per heavy atom. The predicted octanol–water partition coefficient (Wildman–Crippen LogP) is -0.368. The van der Waals surface area contributed by atoms with Gasteiger partial charge in [-0.05, 0) is 23.3 Å². The van der Waals surface area contributed by atoms with Gasteiger partial charge in [0.25, 0.3) is 5.56 Å². The molecule has 20 nitrogen and oxygen atoms in total. The minimum Gasteiger partial charge on any atom is -0.382 e. The van der Waals surface area contributed by atoms with Gasteiger partial charge in [0.1, 0.15) is 49.1 Å². The zero-order valence-corrected chi connectivity index (χ0v) is 26.6. The summed E-state index contributed by atoms with van der Waals surface area (Å²) in [5, 5.41) is 9.75. The van der Waals surface area contributed by atoms with E-state index in [0.29, 0.717) is 5.69 Å². The number of nitrogen functional groups attached to an aromatic ring is 1. The number of aromatic amines is 1. The lowest BCUT2D eigenvalue weighted by molar-refractivity contribution is -0.0517. The minimum absolute atomic E-state index is 0.0447. The van der Waals surface area contributed by atoms with Gasteiger partial charge in [-0.3, -0.25) is 24.3 Å². The van der Waals surface area contributed by atoms with Crippen molar-refractivity contribution in [2.45, 2.75) is 56.0 Å². The third-order valence-corrected chi connectivity index (χ3v) is 10.1. The molecule has 0 aromatic carbocycles. The molecule has 3 aliphatic heterocycles. The fourth-order valence-corrected chi connectivity index (χ4v) is 7.86. The van der Waals surface area contributed by atoms with Crippen molar-refractivity contribution < 1.29 is 41.6 Å². The summed E-state index contributed by atoms with van der Waals surface area (Å²) < 4.78 is 66.7. The van der Waals surface area contributed by atoms with Crippen molar-refractivity contribution in [3.8, 4) is 0 Å². The Bertz CT molecular complexity index is 1810. The number of nitrogens with one attached hydrogen (secondary N) is 3. The van der Waals surface area contributed by atoms with Crippen molar-refractivity contribution in [1.82, 2.24) is 34.2 Å². The van der Waals surface area contributed by atoms with Crippen molar-refractivity contribution in [3.63, 3.8) is 0 Å². The maximum absolute atomic E-state index is 16.0. The van der Waals surface area contributed by atoms with Crippen molar-refractivity contribution in [3.05, 3.63) is 34.4 Å². The topological polar surface area (TPSA) is 274 Å². The summed E-state index contributed by atoms with van der Waals surface area (Å²) in [5.41, 5.74) is 11.6. The average molecular weight is 705 g/mol. The highest BCUT2D eigenvalue weighted by Crippen LogP contribution is 2.51. The highest BCUT2D eigenvalue weighted by atomic mass is 32.5. The Labute approximate surface area is 264 Å². The second-order valence-electron chi connectivity index (χ2n) is 10.3. The molecule has 248 valence electrons. The molecule has 3 aromatic rings. The van der Waals surface area contributed by atoms with E-state index in [1.807, 2.05) is 0 Å². The summed E-state index contributed by atoms with van der Waals surface area (Å²) in [5.74, 6) is -0.239. The number of alkyl halides is 1. The second-order valence-corrected chi connectivity index (χ2v) is 14.1. The summed E-state index contributed by atoms with van der Waals surface area (Å²) in [6.45, 7) is -3.39. The SMILES string of the molecule is COC1C2CO[P+](=O)NC3C(COP(O)(=S)OC1C(n1cnc4c(=O)[nH]c(N)nc41)O2)OC(n1cnc(C(N)=NC=N)c1C)C3F. The number of fused-ring (bicyclic) bond motifs is 4. The lowest BCUT2D eigenvalue weighted by Crippen LogP contribution is -2.41. The number of rotatable bonds is 5. The Hall–Kier alpha value is -3.14. The molecule has 6 rings (SSSR count). The van der Waals surface area contributed by atoms with Crippen LogP contribution >= 0.6 is 14.9 Å². The first-order chi connectivity index (χ1) is 21.9. The lowest BCUT2D eigenvalue weighted by Gasteiger charge is -2.28. The number of hydrogen-bond acceptors (Lipinski definition) is 14. The summed E-state index contributed by atoms with van der Waals surface area (Å²) in [6, 6.07) is -1.27. The van der Waals surface area contributed by atoms with E-state index in [-0.39, 0.29) is 35.2 Å². The number of methoxy groups -OCH3 is 1. The lowest BCUT2D eigenvalue weighted by atomic mass is 10.1. The van der Waals surface area contributed by atoms with Gasteiger partial charge in [-0.15, -0.1) is 4.52 Å². The van der Waals surface area contributed by atoms with Crippen LogP contribution in [0.5, 0.6) is 0 Å². The largest absolute Gasteiger partial charge is 0.613 e. The summed E-state index contributed by atoms with van der Waals surface area (Å²) >= 11 is 5.33. The number of nitrogens with zero attached hydrogens (tertiary/aromatic N) is 6. The standard InChI is InChI=1S/C22H28FN11O9P2S/c1-8-12(17(25)27-5-24)28-6-33(8)20-11(23)13-9(41-20)4-40-45(37,46)43-16-15(38-2)10(3-39-44(36)32-13)42-21(16)34-7-29-14-18(34)30-22(26)31-19(14)35/h5-7,9-11,13,15-16,20-21H,3-4H2,1-2H3,(H7-,24,25,26,27,30,31,32,35,36,37,46)/p+1. The number of anilines is 1. The molecule has 10 atom stereocenters. The number of H-pyrrole nitrogens is 1. The van der Waals surface area contributed by atoms with E-state index in [1.54, 1.807) is 6.92 Å². The first-order valence-corrected chi connectivity index (χ1v) is 17.3. The number of imidazole rings is 2. The second kappa shape index (κ2) is 12.8. The molecule has 6 heterocycles. The molecule has 0 spiro atoms. The van der Waals surface area contributed by atoms with Crippen molar-refractivity contribution in [1.29, 1.82) is 5.41 Å². The van der Waals surface area contributed by atoms with Gasteiger partial charge in [0.15, 0.2) is 35.6 Å². The van der Waals surface area contributed by atoms with Crippen molar-refractivity contribution >= 4 is 56.0 Å². The number of amidine groups is 1. The first kappa shape index (κ1) is 32.8. The number of nitrogens with two attached hydrogens (primary N) is 2. The molecule has 10 unspecified atom stereocenters. The Morgan fingerprint density at radius 2 is 2.04 bits per heavy atom. The molecule has 8 N–H and O–H groups in total. The van der Waals surface area contributed by atoms with Crippen LogP contribution < -0.4 is 22.1 Å². The Balaban J connectivity index is 1.30. The molecule has 46 heavy (non-hydrogen) atoms. The number of aliphatic imine (C=N–C) groups is 1. The van der Waals surface area contributed by atoms with Crippen molar-refractivity contribution in [2.24, 2.45) is 10.7 Å². The van der Waals surface area contributed by atoms with E-state index < -0.39 is 76.1 Å². The van der Waals surface area contributed by atoms with Gasteiger partial charge in [-0.1, -0.05) is 5.09 Å². The smallest absolute Gasteiger partial charge is 0.382 e. The molecule has 0 saturated carbocycles. The van der Waals surface area contributed by atoms with Gasteiger partial charge in [0, 0.05) is 12.8 Å². The van der Waals surface area contributed by atoms with E-state index in [2.05, 4.69) is 30.0 Å². The van der Waals surface area contributed by atoms with Crippen LogP contribution in [0, 0.1) is 12.3 Å². The van der Waals surface area contributed by atoms with E-state index in [4.69, 9.17) is 56.5 Å². The number of hydrogen-bond donors (Lipinski definition) is 6. The van der Waals surface area contributed by atoms with Gasteiger partial charge in [-0.2, -0.15) is 4.98 Å². The van der Waals surface area contributed by atoms with Crippen LogP contribution in [0.2, 0.25) is 0 Å². The number of halogens is 1. The molecule has 0 amide bonds. The van der Waals surface area contributed by atoms with E-state index in [1.165, 1.54) is 28.9 Å².